The van der Waals surface area contributed by atoms with E-state index in [1.165, 1.54) is 17.5 Å². The molecule has 3 aromatic rings. The lowest BCUT2D eigenvalue weighted by atomic mass is 10.0. The maximum atomic E-state index is 11.9. The van der Waals surface area contributed by atoms with Crippen molar-refractivity contribution in [1.82, 2.24) is 20.3 Å². The Hall–Kier alpha value is -2.40. The quantitative estimate of drug-likeness (QED) is 0.612. The van der Waals surface area contributed by atoms with Gasteiger partial charge in [-0.1, -0.05) is 18.2 Å². The SMILES string of the molecule is O=c1[nH]cnc2[nH]c3cc(C4=CCNC4)ccc3c12. The first kappa shape index (κ1) is 10.5. The first-order valence-electron chi connectivity index (χ1n) is 6.22. The first-order valence-corrected chi connectivity index (χ1v) is 6.22. The number of aromatic amines is 2. The number of nitrogens with one attached hydrogen (secondary N) is 3. The zero-order chi connectivity index (χ0) is 12.8. The molecule has 0 saturated carbocycles. The maximum absolute atomic E-state index is 11.9. The zero-order valence-electron chi connectivity index (χ0n) is 10.2. The third kappa shape index (κ3) is 1.52. The summed E-state index contributed by atoms with van der Waals surface area (Å²) in [5, 5.41) is 4.83. The summed E-state index contributed by atoms with van der Waals surface area (Å²) in [6, 6.07) is 6.12. The molecule has 3 N–H and O–H groups in total. The molecule has 0 spiro atoms. The molecule has 1 aromatic carbocycles. The van der Waals surface area contributed by atoms with Crippen LogP contribution < -0.4 is 10.9 Å². The van der Waals surface area contributed by atoms with Gasteiger partial charge in [-0.3, -0.25) is 4.79 Å². The molecule has 19 heavy (non-hydrogen) atoms. The number of aromatic nitrogens is 3. The van der Waals surface area contributed by atoms with Crippen LogP contribution in [0.2, 0.25) is 0 Å². The fourth-order valence-electron chi connectivity index (χ4n) is 2.63. The minimum atomic E-state index is -0.106. The third-order valence-electron chi connectivity index (χ3n) is 3.57. The molecule has 0 aliphatic carbocycles. The van der Waals surface area contributed by atoms with Gasteiger partial charge in [0.1, 0.15) is 5.65 Å². The Balaban J connectivity index is 2.02. The molecule has 0 bridgehead atoms. The van der Waals surface area contributed by atoms with E-state index < -0.39 is 0 Å². The molecule has 1 aliphatic heterocycles. The van der Waals surface area contributed by atoms with Crippen LogP contribution in [-0.2, 0) is 0 Å². The maximum Gasteiger partial charge on any atom is 0.260 e. The van der Waals surface area contributed by atoms with Crippen LogP contribution in [0.1, 0.15) is 5.56 Å². The van der Waals surface area contributed by atoms with Crippen molar-refractivity contribution in [2.24, 2.45) is 0 Å². The Morgan fingerprint density at radius 2 is 2.21 bits per heavy atom. The Kier molecular flexibility index (Phi) is 2.10. The summed E-state index contributed by atoms with van der Waals surface area (Å²) in [5.41, 5.74) is 3.95. The lowest BCUT2D eigenvalue weighted by Gasteiger charge is -2.01. The monoisotopic (exact) mass is 252 g/mol. The molecule has 94 valence electrons. The Morgan fingerprint density at radius 1 is 1.26 bits per heavy atom. The van der Waals surface area contributed by atoms with Crippen LogP contribution in [-0.4, -0.2) is 28.0 Å². The van der Waals surface area contributed by atoms with Gasteiger partial charge in [0.15, 0.2) is 0 Å². The molecular weight excluding hydrogens is 240 g/mol. The van der Waals surface area contributed by atoms with E-state index in [2.05, 4.69) is 38.5 Å². The number of H-pyrrole nitrogens is 2. The van der Waals surface area contributed by atoms with Gasteiger partial charge in [0, 0.05) is 24.0 Å². The number of hydrogen-bond donors (Lipinski definition) is 3. The predicted molar refractivity (Wildman–Crippen MR) is 75.1 cm³/mol. The van der Waals surface area contributed by atoms with Crippen molar-refractivity contribution in [3.05, 3.63) is 46.5 Å². The van der Waals surface area contributed by atoms with Crippen LogP contribution in [0.15, 0.2) is 35.4 Å². The summed E-state index contributed by atoms with van der Waals surface area (Å²) in [5.74, 6) is 0. The Bertz CT molecular complexity index is 872. The van der Waals surface area contributed by atoms with Crippen molar-refractivity contribution in [2.75, 3.05) is 13.1 Å². The molecule has 0 saturated heterocycles. The molecule has 0 radical (unpaired) electrons. The van der Waals surface area contributed by atoms with Gasteiger partial charge in [-0.05, 0) is 17.2 Å². The summed E-state index contributed by atoms with van der Waals surface area (Å²) in [4.78, 5) is 21.8. The Morgan fingerprint density at radius 3 is 3.05 bits per heavy atom. The minimum absolute atomic E-state index is 0.106. The average Bonchev–Trinajstić information content (AvgIpc) is 3.05. The topological polar surface area (TPSA) is 73.6 Å². The van der Waals surface area contributed by atoms with Crippen molar-refractivity contribution >= 4 is 27.5 Å². The standard InChI is InChI=1S/C14H12N4O/c19-14-12-10-2-1-8(9-3-4-15-6-9)5-11(10)18-13(12)16-7-17-14/h1-3,5,7,15H,4,6H2,(H2,16,17,18,19). The smallest absolute Gasteiger partial charge is 0.260 e. The van der Waals surface area contributed by atoms with E-state index in [-0.39, 0.29) is 5.56 Å². The van der Waals surface area contributed by atoms with E-state index in [1.807, 2.05) is 6.07 Å². The van der Waals surface area contributed by atoms with Gasteiger partial charge in [-0.25, -0.2) is 4.98 Å². The Labute approximate surface area is 108 Å². The molecule has 5 heteroatoms. The first-order chi connectivity index (χ1) is 9.33. The van der Waals surface area contributed by atoms with Crippen LogP contribution in [0.4, 0.5) is 0 Å². The van der Waals surface area contributed by atoms with Gasteiger partial charge < -0.3 is 15.3 Å². The van der Waals surface area contributed by atoms with Gasteiger partial charge in [0.2, 0.25) is 0 Å². The van der Waals surface area contributed by atoms with Gasteiger partial charge in [-0.2, -0.15) is 0 Å². The van der Waals surface area contributed by atoms with Crippen LogP contribution in [0.5, 0.6) is 0 Å². The van der Waals surface area contributed by atoms with Crippen LogP contribution in [0, 0.1) is 0 Å². The van der Waals surface area contributed by atoms with E-state index in [1.54, 1.807) is 0 Å². The molecule has 2 aromatic heterocycles. The molecule has 0 amide bonds. The van der Waals surface area contributed by atoms with Crippen molar-refractivity contribution in [1.29, 1.82) is 0 Å². The molecule has 5 nitrogen and oxygen atoms in total. The van der Waals surface area contributed by atoms with Gasteiger partial charge in [0.25, 0.3) is 5.56 Å². The van der Waals surface area contributed by atoms with E-state index in [0.29, 0.717) is 11.0 Å². The lowest BCUT2D eigenvalue weighted by molar-refractivity contribution is 0.897. The van der Waals surface area contributed by atoms with E-state index in [4.69, 9.17) is 0 Å². The number of rotatable bonds is 1. The number of hydrogen-bond acceptors (Lipinski definition) is 3. The average molecular weight is 252 g/mol. The molecule has 3 heterocycles. The largest absolute Gasteiger partial charge is 0.339 e. The fourth-order valence-corrected chi connectivity index (χ4v) is 2.63. The van der Waals surface area contributed by atoms with Crippen molar-refractivity contribution in [3.8, 4) is 0 Å². The molecule has 0 atom stereocenters. The highest BCUT2D eigenvalue weighted by Gasteiger charge is 2.11. The van der Waals surface area contributed by atoms with Crippen LogP contribution in [0.3, 0.4) is 0 Å². The highest BCUT2D eigenvalue weighted by molar-refractivity contribution is 6.06. The lowest BCUT2D eigenvalue weighted by Crippen LogP contribution is -2.07. The van der Waals surface area contributed by atoms with Crippen molar-refractivity contribution < 1.29 is 0 Å². The minimum Gasteiger partial charge on any atom is -0.339 e. The second-order valence-corrected chi connectivity index (χ2v) is 4.70. The number of nitrogens with zero attached hydrogens (tertiary/aromatic N) is 1. The highest BCUT2D eigenvalue weighted by atomic mass is 16.1. The van der Waals surface area contributed by atoms with Gasteiger partial charge in [0.05, 0.1) is 11.7 Å². The molecule has 0 unspecified atom stereocenters. The van der Waals surface area contributed by atoms with Crippen molar-refractivity contribution in [2.45, 2.75) is 0 Å². The summed E-state index contributed by atoms with van der Waals surface area (Å²) < 4.78 is 0. The van der Waals surface area contributed by atoms with E-state index >= 15 is 0 Å². The summed E-state index contributed by atoms with van der Waals surface area (Å²) in [7, 11) is 0. The highest BCUT2D eigenvalue weighted by Crippen LogP contribution is 2.25. The zero-order valence-corrected chi connectivity index (χ0v) is 10.2. The fraction of sp³-hybridized carbons (Fsp3) is 0.143. The van der Waals surface area contributed by atoms with Crippen molar-refractivity contribution in [3.63, 3.8) is 0 Å². The molecule has 4 rings (SSSR count). The molecule has 1 aliphatic rings. The van der Waals surface area contributed by atoms with E-state index in [9.17, 15) is 4.79 Å². The van der Waals surface area contributed by atoms with Gasteiger partial charge in [-0.15, -0.1) is 0 Å². The van der Waals surface area contributed by atoms with Crippen LogP contribution >= 0.6 is 0 Å². The normalized spacial score (nSPS) is 15.3. The summed E-state index contributed by atoms with van der Waals surface area (Å²) in [6.45, 7) is 1.81. The second-order valence-electron chi connectivity index (χ2n) is 4.70. The van der Waals surface area contributed by atoms with E-state index in [0.717, 1.165) is 24.0 Å². The van der Waals surface area contributed by atoms with Crippen LogP contribution in [0.25, 0.3) is 27.5 Å². The predicted octanol–water partition coefficient (Wildman–Crippen LogP) is 1.39. The molecule has 0 fully saturated rings. The number of fused-ring (bicyclic) bond motifs is 3. The summed E-state index contributed by atoms with van der Waals surface area (Å²) >= 11 is 0. The third-order valence-corrected chi connectivity index (χ3v) is 3.57. The summed E-state index contributed by atoms with van der Waals surface area (Å²) in [6.07, 6.45) is 3.61. The number of benzene rings is 1. The molecular formula is C14H12N4O. The second kappa shape index (κ2) is 3.80. The van der Waals surface area contributed by atoms with Gasteiger partial charge >= 0.3 is 0 Å².